The Kier molecular flexibility index (Phi) is 4.22. The average molecular weight is 275 g/mol. The molecule has 0 atom stereocenters. The first-order valence-electron chi connectivity index (χ1n) is 6.31. The van der Waals surface area contributed by atoms with Crippen LogP contribution in [0.5, 0.6) is 5.75 Å². The molecule has 0 amide bonds. The van der Waals surface area contributed by atoms with E-state index in [0.717, 1.165) is 17.0 Å². The summed E-state index contributed by atoms with van der Waals surface area (Å²) in [6.45, 7) is 4.60. The molecule has 1 aromatic carbocycles. The first-order chi connectivity index (χ1) is 9.15. The van der Waals surface area contributed by atoms with Gasteiger partial charge in [-0.1, -0.05) is 6.92 Å². The molecule has 2 rings (SSSR count). The number of hydrogen-bond donors (Lipinski definition) is 1. The van der Waals surface area contributed by atoms with Crippen LogP contribution in [-0.4, -0.2) is 12.4 Å². The van der Waals surface area contributed by atoms with E-state index in [1.165, 1.54) is 11.3 Å². The number of ether oxygens (including phenoxy) is 1. The van der Waals surface area contributed by atoms with Crippen molar-refractivity contribution >= 4 is 22.1 Å². The van der Waals surface area contributed by atoms with E-state index in [4.69, 9.17) is 10.5 Å². The highest BCUT2D eigenvalue weighted by molar-refractivity contribution is 7.16. The van der Waals surface area contributed by atoms with Gasteiger partial charge < -0.3 is 10.5 Å². The molecule has 0 aliphatic heterocycles. The molecule has 0 radical (unpaired) electrons. The van der Waals surface area contributed by atoms with E-state index in [-0.39, 0.29) is 5.78 Å². The number of carbonyl (C=O) groups excluding carboxylic acids is 1. The second-order valence-electron chi connectivity index (χ2n) is 4.13. The van der Waals surface area contributed by atoms with Gasteiger partial charge >= 0.3 is 0 Å². The summed E-state index contributed by atoms with van der Waals surface area (Å²) >= 11 is 1.48. The standard InChI is InChI=1S/C15H17NO2S/c1-3-12-9-13(15(16)19-12)14(17)10-5-7-11(8-6-10)18-4-2/h5-9H,3-4,16H2,1-2H3. The number of aryl methyl sites for hydroxylation is 1. The molecule has 0 aliphatic carbocycles. The highest BCUT2D eigenvalue weighted by Gasteiger charge is 2.15. The summed E-state index contributed by atoms with van der Waals surface area (Å²) in [6, 6.07) is 9.05. The minimum atomic E-state index is -0.0310. The Morgan fingerprint density at radius 2 is 1.95 bits per heavy atom. The summed E-state index contributed by atoms with van der Waals surface area (Å²) in [5.41, 5.74) is 7.14. The van der Waals surface area contributed by atoms with Gasteiger partial charge in [0.1, 0.15) is 5.75 Å². The molecule has 0 unspecified atom stereocenters. The van der Waals surface area contributed by atoms with Crippen molar-refractivity contribution in [2.45, 2.75) is 20.3 Å². The summed E-state index contributed by atoms with van der Waals surface area (Å²) in [6.07, 6.45) is 0.894. The highest BCUT2D eigenvalue weighted by atomic mass is 32.1. The number of rotatable bonds is 5. The molecule has 1 heterocycles. The molecule has 0 saturated carbocycles. The molecule has 3 nitrogen and oxygen atoms in total. The Bertz CT molecular complexity index is 572. The van der Waals surface area contributed by atoms with E-state index >= 15 is 0 Å². The van der Waals surface area contributed by atoms with Gasteiger partial charge in [-0.3, -0.25) is 4.79 Å². The molecular formula is C15H17NO2S. The SMILES string of the molecule is CCOc1ccc(C(=O)c2cc(CC)sc2N)cc1. The third-order valence-corrected chi connectivity index (χ3v) is 3.94. The zero-order valence-corrected chi connectivity index (χ0v) is 11.9. The summed E-state index contributed by atoms with van der Waals surface area (Å²) < 4.78 is 5.36. The fraction of sp³-hybridized carbons (Fsp3) is 0.267. The number of carbonyl (C=O) groups is 1. The second-order valence-corrected chi connectivity index (χ2v) is 5.30. The first kappa shape index (κ1) is 13.6. The lowest BCUT2D eigenvalue weighted by Crippen LogP contribution is -2.02. The molecule has 2 aromatic rings. The molecule has 0 fully saturated rings. The first-order valence-corrected chi connectivity index (χ1v) is 7.13. The van der Waals surface area contributed by atoms with Gasteiger partial charge in [0.25, 0.3) is 0 Å². The lowest BCUT2D eigenvalue weighted by atomic mass is 10.0. The van der Waals surface area contributed by atoms with Crippen LogP contribution < -0.4 is 10.5 Å². The Hall–Kier alpha value is -1.81. The summed E-state index contributed by atoms with van der Waals surface area (Å²) in [5.74, 6) is 0.739. The van der Waals surface area contributed by atoms with E-state index in [2.05, 4.69) is 6.92 Å². The number of nitrogens with two attached hydrogens (primary N) is 1. The molecule has 2 N–H and O–H groups in total. The lowest BCUT2D eigenvalue weighted by Gasteiger charge is -2.04. The van der Waals surface area contributed by atoms with Crippen LogP contribution in [0.15, 0.2) is 30.3 Å². The van der Waals surface area contributed by atoms with Crippen LogP contribution in [0.25, 0.3) is 0 Å². The summed E-state index contributed by atoms with van der Waals surface area (Å²) in [5, 5.41) is 0.593. The second kappa shape index (κ2) is 5.89. The van der Waals surface area contributed by atoms with E-state index in [1.54, 1.807) is 24.3 Å². The lowest BCUT2D eigenvalue weighted by molar-refractivity contribution is 0.104. The largest absolute Gasteiger partial charge is 0.494 e. The van der Waals surface area contributed by atoms with Crippen molar-refractivity contribution in [2.24, 2.45) is 0 Å². The zero-order chi connectivity index (χ0) is 13.8. The van der Waals surface area contributed by atoms with Crippen LogP contribution in [0.3, 0.4) is 0 Å². The van der Waals surface area contributed by atoms with Gasteiger partial charge in [-0.15, -0.1) is 11.3 Å². The molecule has 0 bridgehead atoms. The van der Waals surface area contributed by atoms with Crippen LogP contribution in [0.4, 0.5) is 5.00 Å². The van der Waals surface area contributed by atoms with Crippen LogP contribution in [0.1, 0.15) is 34.6 Å². The smallest absolute Gasteiger partial charge is 0.195 e. The van der Waals surface area contributed by atoms with Crippen molar-refractivity contribution in [2.75, 3.05) is 12.3 Å². The van der Waals surface area contributed by atoms with E-state index < -0.39 is 0 Å². The van der Waals surface area contributed by atoms with Gasteiger partial charge in [-0.25, -0.2) is 0 Å². The predicted octanol–water partition coefficient (Wildman–Crippen LogP) is 3.52. The normalized spacial score (nSPS) is 10.4. The molecule has 0 aliphatic rings. The molecule has 0 spiro atoms. The fourth-order valence-corrected chi connectivity index (χ4v) is 2.70. The number of hydrogen-bond acceptors (Lipinski definition) is 4. The quantitative estimate of drug-likeness (QED) is 0.849. The minimum Gasteiger partial charge on any atom is -0.494 e. The maximum Gasteiger partial charge on any atom is 0.195 e. The topological polar surface area (TPSA) is 52.3 Å². The molecular weight excluding hydrogens is 258 g/mol. The zero-order valence-electron chi connectivity index (χ0n) is 11.1. The molecule has 0 saturated heterocycles. The number of anilines is 1. The van der Waals surface area contributed by atoms with Crippen LogP contribution >= 0.6 is 11.3 Å². The number of nitrogen functional groups attached to an aromatic ring is 1. The average Bonchev–Trinajstić information content (AvgIpc) is 2.80. The Morgan fingerprint density at radius 3 is 2.47 bits per heavy atom. The summed E-state index contributed by atoms with van der Waals surface area (Å²) in [4.78, 5) is 13.5. The van der Waals surface area contributed by atoms with Crippen molar-refractivity contribution in [1.82, 2.24) is 0 Å². The maximum absolute atomic E-state index is 12.4. The van der Waals surface area contributed by atoms with Gasteiger partial charge in [0, 0.05) is 10.4 Å². The van der Waals surface area contributed by atoms with E-state index in [1.807, 2.05) is 13.0 Å². The van der Waals surface area contributed by atoms with E-state index in [9.17, 15) is 4.79 Å². The predicted molar refractivity (Wildman–Crippen MR) is 79.2 cm³/mol. The molecule has 100 valence electrons. The third kappa shape index (κ3) is 2.96. The van der Waals surface area contributed by atoms with Crippen LogP contribution in [0, 0.1) is 0 Å². The van der Waals surface area contributed by atoms with Gasteiger partial charge in [0.15, 0.2) is 5.78 Å². The Balaban J connectivity index is 2.25. The van der Waals surface area contributed by atoms with Gasteiger partial charge in [-0.2, -0.15) is 0 Å². The number of ketones is 1. The third-order valence-electron chi connectivity index (χ3n) is 2.83. The van der Waals surface area contributed by atoms with Crippen molar-refractivity contribution in [3.63, 3.8) is 0 Å². The summed E-state index contributed by atoms with van der Waals surface area (Å²) in [7, 11) is 0. The molecule has 19 heavy (non-hydrogen) atoms. The Labute approximate surface area is 117 Å². The van der Waals surface area contributed by atoms with Gasteiger partial charge in [0.2, 0.25) is 0 Å². The van der Waals surface area contributed by atoms with Gasteiger partial charge in [-0.05, 0) is 43.7 Å². The van der Waals surface area contributed by atoms with Crippen LogP contribution in [-0.2, 0) is 6.42 Å². The Morgan fingerprint density at radius 1 is 1.26 bits per heavy atom. The number of benzene rings is 1. The van der Waals surface area contributed by atoms with Crippen molar-refractivity contribution in [1.29, 1.82) is 0 Å². The van der Waals surface area contributed by atoms with Crippen molar-refractivity contribution in [3.8, 4) is 5.75 Å². The monoisotopic (exact) mass is 275 g/mol. The van der Waals surface area contributed by atoms with Crippen LogP contribution in [0.2, 0.25) is 0 Å². The minimum absolute atomic E-state index is 0.0310. The molecule has 4 heteroatoms. The molecule has 1 aromatic heterocycles. The van der Waals surface area contributed by atoms with Crippen molar-refractivity contribution < 1.29 is 9.53 Å². The van der Waals surface area contributed by atoms with Gasteiger partial charge in [0.05, 0.1) is 17.2 Å². The number of thiophene rings is 1. The van der Waals surface area contributed by atoms with Crippen molar-refractivity contribution in [3.05, 3.63) is 46.3 Å². The maximum atomic E-state index is 12.4. The fourth-order valence-electron chi connectivity index (χ4n) is 1.83. The highest BCUT2D eigenvalue weighted by Crippen LogP contribution is 2.28. The van der Waals surface area contributed by atoms with E-state index in [0.29, 0.717) is 22.7 Å².